The first-order valence-corrected chi connectivity index (χ1v) is 10.3. The lowest BCUT2D eigenvalue weighted by atomic mass is 9.99. The molecule has 3 rings (SSSR count). The van der Waals surface area contributed by atoms with E-state index in [9.17, 15) is 22.8 Å². The van der Waals surface area contributed by atoms with Crippen LogP contribution in [0.3, 0.4) is 0 Å². The Bertz CT molecular complexity index is 1010. The van der Waals surface area contributed by atoms with Crippen molar-refractivity contribution in [1.29, 1.82) is 0 Å². The molecule has 28 heavy (non-hydrogen) atoms. The molecule has 0 amide bonds. The third-order valence-electron chi connectivity index (χ3n) is 4.19. The number of sulfone groups is 1. The maximum absolute atomic E-state index is 12.5. The fraction of sp³-hybridized carbons (Fsp3) is 0.389. The maximum Gasteiger partial charge on any atom is 0.323 e. The molecular formula is C18H19NO8S. The van der Waals surface area contributed by atoms with Gasteiger partial charge in [-0.05, 0) is 25.0 Å². The third-order valence-corrected chi connectivity index (χ3v) is 5.37. The minimum Gasteiger partial charge on any atom is -0.457 e. The number of aromatic nitrogens is 1. The summed E-state index contributed by atoms with van der Waals surface area (Å²) in [6, 6.07) is 3.23. The van der Waals surface area contributed by atoms with Gasteiger partial charge in [0.1, 0.15) is 4.90 Å². The first kappa shape index (κ1) is 19.9. The number of hydrogen-bond acceptors (Lipinski definition) is 8. The number of carbonyl (C=O) groups is 3. The fourth-order valence-electron chi connectivity index (χ4n) is 2.98. The lowest BCUT2D eigenvalue weighted by Crippen LogP contribution is -2.46. The van der Waals surface area contributed by atoms with Gasteiger partial charge in [-0.1, -0.05) is 0 Å². The molecule has 0 atom stereocenters. The summed E-state index contributed by atoms with van der Waals surface area (Å²) in [5.74, 6) is -4.98. The SMILES string of the molecule is CC1(C)OC(=O)C(CCc2coc(C(=O)n3cccc3)c2S(C)(=O)=O)C(=O)O1. The van der Waals surface area contributed by atoms with Gasteiger partial charge in [0.15, 0.2) is 15.8 Å². The van der Waals surface area contributed by atoms with Crippen molar-refractivity contribution in [2.75, 3.05) is 6.26 Å². The van der Waals surface area contributed by atoms with Gasteiger partial charge in [0, 0.05) is 38.1 Å². The van der Waals surface area contributed by atoms with Gasteiger partial charge in [-0.25, -0.2) is 8.42 Å². The van der Waals surface area contributed by atoms with Gasteiger partial charge in [-0.3, -0.25) is 19.0 Å². The summed E-state index contributed by atoms with van der Waals surface area (Å²) < 4.78 is 41.1. The molecule has 0 spiro atoms. The molecule has 2 aromatic heterocycles. The van der Waals surface area contributed by atoms with Crippen molar-refractivity contribution in [1.82, 2.24) is 4.57 Å². The molecule has 9 nitrogen and oxygen atoms in total. The van der Waals surface area contributed by atoms with Crippen LogP contribution in [0.15, 0.2) is 40.1 Å². The number of aryl methyl sites for hydroxylation is 1. The van der Waals surface area contributed by atoms with E-state index in [1.165, 1.54) is 30.8 Å². The number of rotatable bonds is 5. The Hall–Kier alpha value is -2.88. The van der Waals surface area contributed by atoms with Crippen LogP contribution in [0.25, 0.3) is 0 Å². The van der Waals surface area contributed by atoms with Crippen LogP contribution < -0.4 is 0 Å². The van der Waals surface area contributed by atoms with Gasteiger partial charge in [0.05, 0.1) is 6.26 Å². The quantitative estimate of drug-likeness (QED) is 0.539. The zero-order valence-corrected chi connectivity index (χ0v) is 16.3. The minimum absolute atomic E-state index is 0.000156. The van der Waals surface area contributed by atoms with Gasteiger partial charge in [-0.15, -0.1) is 0 Å². The van der Waals surface area contributed by atoms with E-state index in [0.717, 1.165) is 12.5 Å². The largest absolute Gasteiger partial charge is 0.457 e. The molecule has 1 aliphatic rings. The molecular weight excluding hydrogens is 390 g/mol. The molecule has 1 fully saturated rings. The highest BCUT2D eigenvalue weighted by atomic mass is 32.2. The van der Waals surface area contributed by atoms with Crippen molar-refractivity contribution in [2.45, 2.75) is 37.4 Å². The molecule has 0 saturated carbocycles. The second-order valence-electron chi connectivity index (χ2n) is 6.92. The van der Waals surface area contributed by atoms with E-state index in [1.54, 1.807) is 12.1 Å². The standard InChI is InChI=1S/C18H19NO8S/c1-18(2)26-16(21)12(17(22)27-18)7-6-11-10-25-13(14(11)28(3,23)24)15(20)19-8-4-5-9-19/h4-5,8-10,12H,6-7H2,1-3H3. The van der Waals surface area contributed by atoms with E-state index in [2.05, 4.69) is 0 Å². The molecule has 1 saturated heterocycles. The van der Waals surface area contributed by atoms with Gasteiger partial charge in [-0.2, -0.15) is 0 Å². The lowest BCUT2D eigenvalue weighted by molar-refractivity contribution is -0.240. The number of esters is 2. The van der Waals surface area contributed by atoms with Crippen LogP contribution in [-0.4, -0.2) is 42.9 Å². The molecule has 0 aromatic carbocycles. The highest BCUT2D eigenvalue weighted by molar-refractivity contribution is 7.90. The monoisotopic (exact) mass is 409 g/mol. The molecule has 0 N–H and O–H groups in total. The predicted molar refractivity (Wildman–Crippen MR) is 94.1 cm³/mol. The molecule has 3 heterocycles. The van der Waals surface area contributed by atoms with Crippen molar-refractivity contribution in [3.63, 3.8) is 0 Å². The Balaban J connectivity index is 1.86. The number of hydrogen-bond donors (Lipinski definition) is 0. The summed E-state index contributed by atoms with van der Waals surface area (Å²) in [6.07, 6.45) is 4.99. The van der Waals surface area contributed by atoms with Crippen LogP contribution in [0.4, 0.5) is 0 Å². The normalized spacial score (nSPS) is 17.2. The minimum atomic E-state index is -3.82. The van der Waals surface area contributed by atoms with E-state index in [1.807, 2.05) is 0 Å². The Morgan fingerprint density at radius 3 is 2.25 bits per heavy atom. The van der Waals surface area contributed by atoms with E-state index in [-0.39, 0.29) is 29.1 Å². The van der Waals surface area contributed by atoms with E-state index >= 15 is 0 Å². The smallest absolute Gasteiger partial charge is 0.323 e. The number of carbonyl (C=O) groups excluding carboxylic acids is 3. The van der Waals surface area contributed by atoms with E-state index in [4.69, 9.17) is 13.9 Å². The first-order valence-electron chi connectivity index (χ1n) is 8.43. The molecule has 150 valence electrons. The topological polar surface area (TPSA) is 122 Å². The molecule has 10 heteroatoms. The Morgan fingerprint density at radius 1 is 1.14 bits per heavy atom. The van der Waals surface area contributed by atoms with Gasteiger partial charge in [0.2, 0.25) is 5.76 Å². The van der Waals surface area contributed by atoms with Crippen LogP contribution in [0, 0.1) is 5.92 Å². The number of ether oxygens (including phenoxy) is 2. The highest BCUT2D eigenvalue weighted by Gasteiger charge is 2.43. The Kier molecular flexibility index (Phi) is 4.92. The number of nitrogens with zero attached hydrogens (tertiary/aromatic N) is 1. The first-order chi connectivity index (χ1) is 13.0. The van der Waals surface area contributed by atoms with Crippen LogP contribution in [0.2, 0.25) is 0 Å². The van der Waals surface area contributed by atoms with Crippen LogP contribution in [0.1, 0.15) is 36.4 Å². The molecule has 0 bridgehead atoms. The van der Waals surface area contributed by atoms with Crippen molar-refractivity contribution in [3.8, 4) is 0 Å². The second-order valence-corrected chi connectivity index (χ2v) is 8.87. The maximum atomic E-state index is 12.5. The van der Waals surface area contributed by atoms with Crippen molar-refractivity contribution in [3.05, 3.63) is 42.1 Å². The van der Waals surface area contributed by atoms with E-state index < -0.39 is 39.4 Å². The van der Waals surface area contributed by atoms with Crippen molar-refractivity contribution >= 4 is 27.7 Å². The number of furan rings is 1. The summed E-state index contributed by atoms with van der Waals surface area (Å²) in [7, 11) is -3.82. The molecule has 0 unspecified atom stereocenters. The summed E-state index contributed by atoms with van der Waals surface area (Å²) in [4.78, 5) is 36.4. The fourth-order valence-corrected chi connectivity index (χ4v) is 4.07. The zero-order valence-electron chi connectivity index (χ0n) is 15.5. The molecule has 1 aliphatic heterocycles. The molecule has 0 radical (unpaired) electrons. The highest BCUT2D eigenvalue weighted by Crippen LogP contribution is 2.29. The summed E-state index contributed by atoms with van der Waals surface area (Å²) >= 11 is 0. The lowest BCUT2D eigenvalue weighted by Gasteiger charge is -2.32. The van der Waals surface area contributed by atoms with Crippen LogP contribution >= 0.6 is 0 Å². The van der Waals surface area contributed by atoms with Crippen molar-refractivity contribution < 1.29 is 36.7 Å². The molecule has 0 aliphatic carbocycles. The zero-order chi connectivity index (χ0) is 20.7. The predicted octanol–water partition coefficient (Wildman–Crippen LogP) is 1.56. The second kappa shape index (κ2) is 6.93. The van der Waals surface area contributed by atoms with Gasteiger partial charge < -0.3 is 13.9 Å². The Labute approximate surface area is 161 Å². The average Bonchev–Trinajstić information content (AvgIpc) is 3.21. The average molecular weight is 409 g/mol. The van der Waals surface area contributed by atoms with Crippen LogP contribution in [-0.2, 0) is 35.3 Å². The van der Waals surface area contributed by atoms with E-state index in [0.29, 0.717) is 0 Å². The molecule has 2 aromatic rings. The third kappa shape index (κ3) is 3.86. The summed E-state index contributed by atoms with van der Waals surface area (Å²) in [5.41, 5.74) is 0.198. The van der Waals surface area contributed by atoms with Crippen molar-refractivity contribution in [2.24, 2.45) is 5.92 Å². The number of cyclic esters (lactones) is 2. The Morgan fingerprint density at radius 2 is 1.71 bits per heavy atom. The summed E-state index contributed by atoms with van der Waals surface area (Å²) in [6.45, 7) is 2.88. The van der Waals surface area contributed by atoms with Gasteiger partial charge >= 0.3 is 11.9 Å². The van der Waals surface area contributed by atoms with Crippen LogP contribution in [0.5, 0.6) is 0 Å². The van der Waals surface area contributed by atoms with Gasteiger partial charge in [0.25, 0.3) is 11.7 Å². The summed E-state index contributed by atoms with van der Waals surface area (Å²) in [5, 5.41) is 0.